The van der Waals surface area contributed by atoms with Gasteiger partial charge in [-0.25, -0.2) is 9.59 Å². The molecule has 1 aliphatic rings. The summed E-state index contributed by atoms with van der Waals surface area (Å²) in [6.45, 7) is 10.1. The highest BCUT2D eigenvalue weighted by Gasteiger charge is 2.25. The Hall–Kier alpha value is -2.28. The molecule has 7 heteroatoms. The normalized spacial score (nSPS) is 16.4. The van der Waals surface area contributed by atoms with Crippen molar-refractivity contribution in [3.8, 4) is 5.75 Å². The number of carbonyl (C=O) groups excluding carboxylic acids is 1. The molecule has 1 aromatic carbocycles. The molecule has 0 radical (unpaired) electrons. The highest BCUT2D eigenvalue weighted by molar-refractivity contribution is 5.81. The fraction of sp³-hybridized carbons (Fsp3) is 0.619. The molecule has 1 heterocycles. The van der Waals surface area contributed by atoms with Crippen molar-refractivity contribution >= 4 is 12.1 Å². The topological polar surface area (TPSA) is 88.1 Å². The van der Waals surface area contributed by atoms with E-state index in [-0.39, 0.29) is 0 Å². The molecule has 1 aromatic rings. The van der Waals surface area contributed by atoms with Crippen molar-refractivity contribution < 1.29 is 24.2 Å². The summed E-state index contributed by atoms with van der Waals surface area (Å²) >= 11 is 0. The lowest BCUT2D eigenvalue weighted by Crippen LogP contribution is -2.38. The van der Waals surface area contributed by atoms with Gasteiger partial charge < -0.3 is 24.8 Å². The average molecular weight is 395 g/mol. The Morgan fingerprint density at radius 2 is 1.71 bits per heavy atom. The summed E-state index contributed by atoms with van der Waals surface area (Å²) in [6.07, 6.45) is 2.02. The second-order valence-electron chi connectivity index (χ2n) is 8.18. The zero-order valence-corrected chi connectivity index (χ0v) is 17.8. The fourth-order valence-corrected chi connectivity index (χ4v) is 2.65. The highest BCUT2D eigenvalue weighted by atomic mass is 16.6. The van der Waals surface area contributed by atoms with Crippen LogP contribution in [-0.4, -0.2) is 54.9 Å². The SMILES string of the molecule is CC1CCN(C)CC1.COc1ccc(C(NC(=O)OC(C)(C)C)C(=O)O)cc1. The molecule has 1 atom stereocenters. The minimum absolute atomic E-state index is 0.434. The molecular weight excluding hydrogens is 360 g/mol. The van der Waals surface area contributed by atoms with E-state index in [1.54, 1.807) is 45.0 Å². The third-order valence-corrected chi connectivity index (χ3v) is 4.36. The summed E-state index contributed by atoms with van der Waals surface area (Å²) < 4.78 is 10.0. The van der Waals surface area contributed by atoms with Crippen LogP contribution in [0.4, 0.5) is 4.79 Å². The van der Waals surface area contributed by atoms with E-state index in [4.69, 9.17) is 9.47 Å². The summed E-state index contributed by atoms with van der Waals surface area (Å²) in [5, 5.41) is 11.5. The van der Waals surface area contributed by atoms with E-state index in [1.165, 1.54) is 33.0 Å². The van der Waals surface area contributed by atoms with E-state index in [9.17, 15) is 14.7 Å². The number of carbonyl (C=O) groups is 2. The van der Waals surface area contributed by atoms with Gasteiger partial charge in [0.25, 0.3) is 0 Å². The number of ether oxygens (including phenoxy) is 2. The summed E-state index contributed by atoms with van der Waals surface area (Å²) in [5.74, 6) is 0.419. The second kappa shape index (κ2) is 10.9. The molecule has 0 aliphatic carbocycles. The minimum Gasteiger partial charge on any atom is -0.497 e. The number of hydrogen-bond donors (Lipinski definition) is 2. The minimum atomic E-state index is -1.17. The molecule has 1 fully saturated rings. The Balaban J connectivity index is 0.000000406. The van der Waals surface area contributed by atoms with E-state index in [2.05, 4.69) is 24.2 Å². The van der Waals surface area contributed by atoms with Crippen LogP contribution in [0.15, 0.2) is 24.3 Å². The number of rotatable bonds is 4. The van der Waals surface area contributed by atoms with Gasteiger partial charge in [-0.3, -0.25) is 0 Å². The second-order valence-corrected chi connectivity index (χ2v) is 8.18. The van der Waals surface area contributed by atoms with Gasteiger partial charge in [0, 0.05) is 0 Å². The highest BCUT2D eigenvalue weighted by Crippen LogP contribution is 2.19. The first-order valence-corrected chi connectivity index (χ1v) is 9.56. The molecule has 0 aromatic heterocycles. The maximum absolute atomic E-state index is 11.6. The number of likely N-dealkylation sites (tertiary alicyclic amines) is 1. The van der Waals surface area contributed by atoms with E-state index >= 15 is 0 Å². The van der Waals surface area contributed by atoms with Crippen LogP contribution in [0.5, 0.6) is 5.75 Å². The average Bonchev–Trinajstić information content (AvgIpc) is 2.61. The molecule has 158 valence electrons. The van der Waals surface area contributed by atoms with Crippen LogP contribution >= 0.6 is 0 Å². The molecule has 7 nitrogen and oxygen atoms in total. The van der Waals surface area contributed by atoms with Gasteiger partial charge in [0.2, 0.25) is 0 Å². The van der Waals surface area contributed by atoms with Crippen molar-refractivity contribution in [1.29, 1.82) is 0 Å². The smallest absolute Gasteiger partial charge is 0.408 e. The Bertz CT molecular complexity index is 607. The van der Waals surface area contributed by atoms with Crippen LogP contribution in [-0.2, 0) is 9.53 Å². The van der Waals surface area contributed by atoms with Crippen molar-refractivity contribution in [3.05, 3.63) is 29.8 Å². The number of benzene rings is 1. The summed E-state index contributed by atoms with van der Waals surface area (Å²) in [4.78, 5) is 25.3. The van der Waals surface area contributed by atoms with Crippen LogP contribution in [0.25, 0.3) is 0 Å². The van der Waals surface area contributed by atoms with E-state index in [0.717, 1.165) is 5.92 Å². The van der Waals surface area contributed by atoms with Gasteiger partial charge in [-0.05, 0) is 77.4 Å². The van der Waals surface area contributed by atoms with Gasteiger partial charge >= 0.3 is 12.1 Å². The third-order valence-electron chi connectivity index (χ3n) is 4.36. The number of methoxy groups -OCH3 is 1. The number of aliphatic carboxylic acids is 1. The van der Waals surface area contributed by atoms with Gasteiger partial charge in [0.15, 0.2) is 6.04 Å². The summed E-state index contributed by atoms with van der Waals surface area (Å²) in [7, 11) is 3.72. The number of piperidine rings is 1. The standard InChI is InChI=1S/C14H19NO5.C7H15N/c1-14(2,3)20-13(18)15-11(12(16)17)9-5-7-10(19-4)8-6-9;1-7-3-5-8(2)6-4-7/h5-8,11H,1-4H3,(H,15,18)(H,16,17);7H,3-6H2,1-2H3. The van der Waals surface area contributed by atoms with Crippen molar-refractivity contribution in [2.45, 2.75) is 52.2 Å². The van der Waals surface area contributed by atoms with Gasteiger partial charge in [0.1, 0.15) is 11.4 Å². The first-order valence-electron chi connectivity index (χ1n) is 9.56. The van der Waals surface area contributed by atoms with E-state index < -0.39 is 23.7 Å². The molecule has 0 saturated carbocycles. The fourth-order valence-electron chi connectivity index (χ4n) is 2.65. The molecular formula is C21H34N2O5. The monoisotopic (exact) mass is 394 g/mol. The van der Waals surface area contributed by atoms with Crippen LogP contribution < -0.4 is 10.1 Å². The van der Waals surface area contributed by atoms with Crippen molar-refractivity contribution in [1.82, 2.24) is 10.2 Å². The van der Waals surface area contributed by atoms with Gasteiger partial charge in [0.05, 0.1) is 7.11 Å². The number of carboxylic acids is 1. The van der Waals surface area contributed by atoms with Crippen molar-refractivity contribution in [2.75, 3.05) is 27.2 Å². The Morgan fingerprint density at radius 3 is 2.11 bits per heavy atom. The van der Waals surface area contributed by atoms with Crippen LogP contribution in [0.3, 0.4) is 0 Å². The van der Waals surface area contributed by atoms with Crippen LogP contribution in [0.1, 0.15) is 52.1 Å². The summed E-state index contributed by atoms with van der Waals surface area (Å²) in [6, 6.07) is 5.24. The Morgan fingerprint density at radius 1 is 1.18 bits per heavy atom. The number of nitrogens with one attached hydrogen (secondary N) is 1. The van der Waals surface area contributed by atoms with E-state index in [0.29, 0.717) is 11.3 Å². The molecule has 2 rings (SSSR count). The lowest BCUT2D eigenvalue weighted by Gasteiger charge is -2.26. The third kappa shape index (κ3) is 9.08. The quantitative estimate of drug-likeness (QED) is 0.810. The van der Waals surface area contributed by atoms with E-state index in [1.807, 2.05) is 0 Å². The van der Waals surface area contributed by atoms with Gasteiger partial charge in [-0.1, -0.05) is 19.1 Å². The lowest BCUT2D eigenvalue weighted by atomic mass is 10.00. The Kier molecular flexibility index (Phi) is 9.25. The summed E-state index contributed by atoms with van der Waals surface area (Å²) in [5.41, 5.74) is -0.253. The molecule has 1 unspecified atom stereocenters. The maximum Gasteiger partial charge on any atom is 0.408 e. The number of nitrogens with zero attached hydrogens (tertiary/aromatic N) is 1. The molecule has 1 aliphatic heterocycles. The zero-order chi connectivity index (χ0) is 21.3. The largest absolute Gasteiger partial charge is 0.497 e. The molecule has 28 heavy (non-hydrogen) atoms. The molecule has 0 bridgehead atoms. The molecule has 0 spiro atoms. The predicted octanol–water partition coefficient (Wildman–Crippen LogP) is 3.69. The molecule has 2 N–H and O–H groups in total. The number of carboxylic acid groups (broad SMARTS) is 1. The van der Waals surface area contributed by atoms with Crippen LogP contribution in [0.2, 0.25) is 0 Å². The van der Waals surface area contributed by atoms with Gasteiger partial charge in [-0.2, -0.15) is 0 Å². The zero-order valence-electron chi connectivity index (χ0n) is 17.8. The Labute approximate surface area is 168 Å². The molecule has 1 amide bonds. The number of amides is 1. The number of hydrogen-bond acceptors (Lipinski definition) is 5. The predicted molar refractivity (Wildman–Crippen MR) is 109 cm³/mol. The maximum atomic E-state index is 11.6. The van der Waals surface area contributed by atoms with Crippen LogP contribution in [0, 0.1) is 5.92 Å². The van der Waals surface area contributed by atoms with Crippen molar-refractivity contribution in [3.63, 3.8) is 0 Å². The lowest BCUT2D eigenvalue weighted by molar-refractivity contribution is -0.139. The first-order chi connectivity index (χ1) is 13.0. The molecule has 1 saturated heterocycles. The van der Waals surface area contributed by atoms with Crippen molar-refractivity contribution in [2.24, 2.45) is 5.92 Å². The first kappa shape index (κ1) is 23.8. The van der Waals surface area contributed by atoms with Gasteiger partial charge in [-0.15, -0.1) is 0 Å². The number of alkyl carbamates (subject to hydrolysis) is 1.